The van der Waals surface area contributed by atoms with Gasteiger partial charge in [0.25, 0.3) is 0 Å². The first-order chi connectivity index (χ1) is 10.2. The van der Waals surface area contributed by atoms with Crippen LogP contribution in [-0.2, 0) is 0 Å². The molecule has 110 valence electrons. The van der Waals surface area contributed by atoms with Crippen molar-refractivity contribution in [3.8, 4) is 17.2 Å². The molecule has 0 aliphatic carbocycles. The molecular weight excluding hydrogens is 275 g/mol. The Morgan fingerprint density at radius 2 is 1.67 bits per heavy atom. The maximum absolute atomic E-state index is 13.1. The average Bonchev–Trinajstić information content (AvgIpc) is 2.52. The molecule has 0 saturated heterocycles. The first kappa shape index (κ1) is 14.8. The molecule has 0 bridgehead atoms. The second-order valence-corrected chi connectivity index (χ2v) is 4.21. The van der Waals surface area contributed by atoms with E-state index in [1.165, 1.54) is 38.5 Å². The third-order valence-corrected chi connectivity index (χ3v) is 2.88. The standard InChI is InChI=1S/C16H15FO4/c1-19-14-7-4-8-15(20-2)16(14)21-10-13(18)11-5-3-6-12(17)9-11/h3-9H,10H2,1-2H3. The van der Waals surface area contributed by atoms with Crippen LogP contribution in [0, 0.1) is 5.82 Å². The molecule has 0 spiro atoms. The van der Waals surface area contributed by atoms with Crippen LogP contribution >= 0.6 is 0 Å². The molecule has 0 N–H and O–H groups in total. The number of hydrogen-bond donors (Lipinski definition) is 0. The van der Waals surface area contributed by atoms with Crippen molar-refractivity contribution in [2.75, 3.05) is 20.8 Å². The summed E-state index contributed by atoms with van der Waals surface area (Å²) in [6.07, 6.45) is 0. The lowest BCUT2D eigenvalue weighted by Gasteiger charge is -2.13. The van der Waals surface area contributed by atoms with Crippen LogP contribution in [0.25, 0.3) is 0 Å². The van der Waals surface area contributed by atoms with Crippen molar-refractivity contribution >= 4 is 5.78 Å². The van der Waals surface area contributed by atoms with Crippen LogP contribution in [0.1, 0.15) is 10.4 Å². The smallest absolute Gasteiger partial charge is 0.203 e. The molecule has 0 fully saturated rings. The van der Waals surface area contributed by atoms with Gasteiger partial charge in [-0.15, -0.1) is 0 Å². The quantitative estimate of drug-likeness (QED) is 0.767. The van der Waals surface area contributed by atoms with Crippen molar-refractivity contribution in [3.05, 3.63) is 53.8 Å². The molecule has 0 aromatic heterocycles. The molecule has 2 aromatic rings. The summed E-state index contributed by atoms with van der Waals surface area (Å²) in [6.45, 7) is -0.236. The van der Waals surface area contributed by atoms with Crippen LogP contribution in [0.5, 0.6) is 17.2 Å². The molecule has 0 saturated carbocycles. The molecule has 0 aliphatic rings. The highest BCUT2D eigenvalue weighted by atomic mass is 19.1. The van der Waals surface area contributed by atoms with E-state index in [-0.39, 0.29) is 18.0 Å². The van der Waals surface area contributed by atoms with Crippen LogP contribution in [0.2, 0.25) is 0 Å². The van der Waals surface area contributed by atoms with E-state index < -0.39 is 5.82 Å². The number of ether oxygens (including phenoxy) is 3. The van der Waals surface area contributed by atoms with Gasteiger partial charge in [-0.25, -0.2) is 4.39 Å². The van der Waals surface area contributed by atoms with Crippen LogP contribution < -0.4 is 14.2 Å². The second-order valence-electron chi connectivity index (χ2n) is 4.21. The summed E-state index contributed by atoms with van der Waals surface area (Å²) in [7, 11) is 2.99. The molecule has 2 rings (SSSR count). The summed E-state index contributed by atoms with van der Waals surface area (Å²) in [5, 5.41) is 0. The fourth-order valence-corrected chi connectivity index (χ4v) is 1.84. The van der Waals surface area contributed by atoms with Crippen molar-refractivity contribution in [2.24, 2.45) is 0 Å². The highest BCUT2D eigenvalue weighted by Gasteiger charge is 2.14. The first-order valence-corrected chi connectivity index (χ1v) is 6.28. The van der Waals surface area contributed by atoms with Crippen LogP contribution in [0.4, 0.5) is 4.39 Å². The minimum absolute atomic E-state index is 0.236. The molecule has 0 aliphatic heterocycles. The van der Waals surface area contributed by atoms with Gasteiger partial charge in [-0.1, -0.05) is 18.2 Å². The molecule has 0 atom stereocenters. The van der Waals surface area contributed by atoms with Gasteiger partial charge >= 0.3 is 0 Å². The molecule has 21 heavy (non-hydrogen) atoms. The first-order valence-electron chi connectivity index (χ1n) is 6.28. The van der Waals surface area contributed by atoms with E-state index in [0.29, 0.717) is 17.2 Å². The highest BCUT2D eigenvalue weighted by molar-refractivity contribution is 5.97. The lowest BCUT2D eigenvalue weighted by atomic mass is 10.1. The predicted molar refractivity (Wildman–Crippen MR) is 75.8 cm³/mol. The summed E-state index contributed by atoms with van der Waals surface area (Å²) in [5.41, 5.74) is 0.254. The number of rotatable bonds is 6. The Balaban J connectivity index is 2.14. The van der Waals surface area contributed by atoms with Gasteiger partial charge in [-0.3, -0.25) is 4.79 Å². The maximum atomic E-state index is 13.1. The number of ketones is 1. The summed E-state index contributed by atoms with van der Waals surface area (Å²) in [5.74, 6) is 0.466. The zero-order valence-electron chi connectivity index (χ0n) is 11.8. The normalized spacial score (nSPS) is 10.0. The van der Waals surface area contributed by atoms with Crippen molar-refractivity contribution < 1.29 is 23.4 Å². The van der Waals surface area contributed by atoms with Gasteiger partial charge in [0.2, 0.25) is 5.75 Å². The summed E-state index contributed by atoms with van der Waals surface area (Å²) >= 11 is 0. The lowest BCUT2D eigenvalue weighted by Crippen LogP contribution is -2.12. The molecule has 0 unspecified atom stereocenters. The van der Waals surface area contributed by atoms with Crippen LogP contribution in [0.3, 0.4) is 0 Å². The molecule has 4 nitrogen and oxygen atoms in total. The third-order valence-electron chi connectivity index (χ3n) is 2.88. The number of methoxy groups -OCH3 is 2. The number of benzene rings is 2. The average molecular weight is 290 g/mol. The lowest BCUT2D eigenvalue weighted by molar-refractivity contribution is 0.0917. The number of para-hydroxylation sites is 1. The van der Waals surface area contributed by atoms with Crippen molar-refractivity contribution in [1.82, 2.24) is 0 Å². The van der Waals surface area contributed by atoms with Crippen molar-refractivity contribution in [3.63, 3.8) is 0 Å². The predicted octanol–water partition coefficient (Wildman–Crippen LogP) is 3.10. The van der Waals surface area contributed by atoms with Crippen molar-refractivity contribution in [2.45, 2.75) is 0 Å². The zero-order chi connectivity index (χ0) is 15.2. The summed E-state index contributed by atoms with van der Waals surface area (Å²) < 4.78 is 28.9. The number of halogens is 1. The summed E-state index contributed by atoms with van der Waals surface area (Å²) in [6, 6.07) is 10.6. The van der Waals surface area contributed by atoms with Crippen LogP contribution in [0.15, 0.2) is 42.5 Å². The zero-order valence-corrected chi connectivity index (χ0v) is 11.8. The van der Waals surface area contributed by atoms with E-state index in [2.05, 4.69) is 0 Å². The Bertz CT molecular complexity index is 618. The Kier molecular flexibility index (Phi) is 4.77. The fourth-order valence-electron chi connectivity index (χ4n) is 1.84. The largest absolute Gasteiger partial charge is 0.493 e. The van der Waals surface area contributed by atoms with Crippen LogP contribution in [-0.4, -0.2) is 26.6 Å². The highest BCUT2D eigenvalue weighted by Crippen LogP contribution is 2.36. The van der Waals surface area contributed by atoms with Gasteiger partial charge < -0.3 is 14.2 Å². The van der Waals surface area contributed by atoms with Gasteiger partial charge in [-0.2, -0.15) is 0 Å². The van der Waals surface area contributed by atoms with E-state index in [4.69, 9.17) is 14.2 Å². The second kappa shape index (κ2) is 6.74. The number of Topliss-reactive ketones (excluding diaryl/α,β-unsaturated/α-hetero) is 1. The molecule has 0 heterocycles. The number of hydrogen-bond acceptors (Lipinski definition) is 4. The fraction of sp³-hybridized carbons (Fsp3) is 0.188. The Morgan fingerprint density at radius 1 is 1.05 bits per heavy atom. The van der Waals surface area contributed by atoms with E-state index in [0.717, 1.165) is 0 Å². The number of carbonyl (C=O) groups excluding carboxylic acids is 1. The molecule has 2 aromatic carbocycles. The monoisotopic (exact) mass is 290 g/mol. The van der Waals surface area contributed by atoms with E-state index in [1.54, 1.807) is 18.2 Å². The van der Waals surface area contributed by atoms with Crippen molar-refractivity contribution in [1.29, 1.82) is 0 Å². The topological polar surface area (TPSA) is 44.8 Å². The minimum Gasteiger partial charge on any atom is -0.493 e. The van der Waals surface area contributed by atoms with E-state index in [9.17, 15) is 9.18 Å². The minimum atomic E-state index is -0.462. The third kappa shape index (κ3) is 3.51. The van der Waals surface area contributed by atoms with E-state index >= 15 is 0 Å². The summed E-state index contributed by atoms with van der Waals surface area (Å²) in [4.78, 5) is 12.0. The van der Waals surface area contributed by atoms with Gasteiger partial charge in [0.05, 0.1) is 14.2 Å². The van der Waals surface area contributed by atoms with Gasteiger partial charge in [0.15, 0.2) is 23.9 Å². The molecular formula is C16H15FO4. The van der Waals surface area contributed by atoms with Gasteiger partial charge in [-0.05, 0) is 24.3 Å². The Labute approximate surface area is 122 Å². The van der Waals surface area contributed by atoms with E-state index in [1.807, 2.05) is 0 Å². The molecule has 5 heteroatoms. The van der Waals surface area contributed by atoms with Gasteiger partial charge in [0.1, 0.15) is 5.82 Å². The molecule has 0 radical (unpaired) electrons. The Morgan fingerprint density at radius 3 is 2.24 bits per heavy atom. The number of carbonyl (C=O) groups is 1. The molecule has 0 amide bonds. The Hall–Kier alpha value is -2.56. The maximum Gasteiger partial charge on any atom is 0.203 e. The van der Waals surface area contributed by atoms with Gasteiger partial charge in [0, 0.05) is 5.56 Å². The SMILES string of the molecule is COc1cccc(OC)c1OCC(=O)c1cccc(F)c1.